The molecule has 0 aliphatic rings. The van der Waals surface area contributed by atoms with Crippen LogP contribution in [0.15, 0.2) is 241 Å². The Labute approximate surface area is 360 Å². The first-order valence-corrected chi connectivity index (χ1v) is 21.2. The predicted molar refractivity (Wildman–Crippen MR) is 263 cm³/mol. The molecule has 12 aromatic rings. The second-order valence-corrected chi connectivity index (χ2v) is 16.0. The summed E-state index contributed by atoms with van der Waals surface area (Å²) in [6, 6.07) is 85.5. The molecule has 0 aliphatic carbocycles. The van der Waals surface area contributed by atoms with Crippen LogP contribution in [0.25, 0.3) is 98.8 Å². The summed E-state index contributed by atoms with van der Waals surface area (Å²) < 4.78 is 6.27. The number of furan rings is 1. The molecule has 62 heavy (non-hydrogen) atoms. The molecule has 2 nitrogen and oxygen atoms in total. The molecule has 0 unspecified atom stereocenters. The average molecular weight is 790 g/mol. The fourth-order valence-corrected chi connectivity index (χ4v) is 9.43. The highest BCUT2D eigenvalue weighted by atomic mass is 16.3. The van der Waals surface area contributed by atoms with E-state index in [4.69, 9.17) is 4.42 Å². The molecule has 0 aliphatic heterocycles. The molecule has 12 rings (SSSR count). The Morgan fingerprint density at radius 2 is 0.790 bits per heavy atom. The van der Waals surface area contributed by atoms with Crippen molar-refractivity contribution in [2.45, 2.75) is 0 Å². The van der Waals surface area contributed by atoms with Crippen LogP contribution < -0.4 is 4.90 Å². The molecule has 0 atom stereocenters. The maximum Gasteiger partial charge on any atom is 0.136 e. The van der Waals surface area contributed by atoms with Crippen molar-refractivity contribution in [1.82, 2.24) is 0 Å². The second kappa shape index (κ2) is 14.8. The summed E-state index contributed by atoms with van der Waals surface area (Å²) in [7, 11) is 0. The van der Waals surface area contributed by atoms with E-state index in [0.717, 1.165) is 50.1 Å². The van der Waals surface area contributed by atoms with E-state index >= 15 is 0 Å². The molecule has 1 aromatic heterocycles. The van der Waals surface area contributed by atoms with Crippen molar-refractivity contribution in [3.63, 3.8) is 0 Å². The van der Waals surface area contributed by atoms with E-state index in [9.17, 15) is 0 Å². The van der Waals surface area contributed by atoms with Crippen LogP contribution in [0.1, 0.15) is 0 Å². The first kappa shape index (κ1) is 35.7. The first-order valence-electron chi connectivity index (χ1n) is 21.2. The maximum atomic E-state index is 6.27. The van der Waals surface area contributed by atoms with E-state index in [0.29, 0.717) is 0 Å². The lowest BCUT2D eigenvalue weighted by atomic mass is 9.93. The lowest BCUT2D eigenvalue weighted by Crippen LogP contribution is -2.11. The third-order valence-electron chi connectivity index (χ3n) is 12.5. The van der Waals surface area contributed by atoms with Gasteiger partial charge in [-0.3, -0.25) is 0 Å². The van der Waals surface area contributed by atoms with Crippen LogP contribution >= 0.6 is 0 Å². The lowest BCUT2D eigenvalue weighted by Gasteiger charge is -2.28. The third kappa shape index (κ3) is 6.12. The molecule has 0 amide bonds. The van der Waals surface area contributed by atoms with E-state index in [1.165, 1.54) is 65.7 Å². The van der Waals surface area contributed by atoms with Crippen molar-refractivity contribution in [3.05, 3.63) is 237 Å². The Hall–Kier alpha value is -8.20. The zero-order valence-corrected chi connectivity index (χ0v) is 33.9. The standard InChI is InChI=1S/C60H39NO/c1-2-13-46-39-47(28-27-40(46)11-1)43-25-23-41(24-26-43)42-29-34-48(35-30-42)61(49-36-31-45(32-37-49)51-17-10-22-59-60(51)56-16-6-8-21-58(56)62-59)57-20-7-5-15-55(57)53-19-9-18-52-50-14-4-3-12-44(50)33-38-54(52)53/h1-39H. The number of para-hydroxylation sites is 2. The second-order valence-electron chi connectivity index (χ2n) is 16.0. The van der Waals surface area contributed by atoms with E-state index in [-0.39, 0.29) is 0 Å². The van der Waals surface area contributed by atoms with Gasteiger partial charge in [0.15, 0.2) is 0 Å². The Balaban J connectivity index is 0.964. The summed E-state index contributed by atoms with van der Waals surface area (Å²) in [5.74, 6) is 0. The number of fused-ring (bicyclic) bond motifs is 7. The molecule has 0 saturated heterocycles. The van der Waals surface area contributed by atoms with Crippen LogP contribution in [0, 0.1) is 0 Å². The summed E-state index contributed by atoms with van der Waals surface area (Å²) in [5.41, 5.74) is 14.5. The average Bonchev–Trinajstić information content (AvgIpc) is 3.74. The van der Waals surface area contributed by atoms with Gasteiger partial charge in [0.1, 0.15) is 11.2 Å². The van der Waals surface area contributed by atoms with Gasteiger partial charge in [-0.15, -0.1) is 0 Å². The molecular weight excluding hydrogens is 751 g/mol. The van der Waals surface area contributed by atoms with Crippen molar-refractivity contribution in [1.29, 1.82) is 0 Å². The van der Waals surface area contributed by atoms with Crippen molar-refractivity contribution in [3.8, 4) is 44.5 Å². The number of rotatable bonds is 7. The quantitative estimate of drug-likeness (QED) is 0.150. The van der Waals surface area contributed by atoms with Gasteiger partial charge >= 0.3 is 0 Å². The molecular formula is C60H39NO. The fourth-order valence-electron chi connectivity index (χ4n) is 9.43. The summed E-state index contributed by atoms with van der Waals surface area (Å²) >= 11 is 0. The van der Waals surface area contributed by atoms with E-state index in [1.807, 2.05) is 12.1 Å². The monoisotopic (exact) mass is 789 g/mol. The van der Waals surface area contributed by atoms with E-state index in [2.05, 4.69) is 229 Å². The van der Waals surface area contributed by atoms with Crippen LogP contribution in [0.5, 0.6) is 0 Å². The minimum absolute atomic E-state index is 0.898. The number of benzene rings is 11. The predicted octanol–water partition coefficient (Wildman–Crippen LogP) is 17.2. The smallest absolute Gasteiger partial charge is 0.136 e. The zero-order chi connectivity index (χ0) is 41.0. The molecule has 2 heteroatoms. The van der Waals surface area contributed by atoms with Crippen LogP contribution in [-0.4, -0.2) is 0 Å². The molecule has 0 fully saturated rings. The largest absolute Gasteiger partial charge is 0.456 e. The molecule has 0 spiro atoms. The van der Waals surface area contributed by atoms with E-state index < -0.39 is 0 Å². The molecule has 290 valence electrons. The maximum absolute atomic E-state index is 6.27. The van der Waals surface area contributed by atoms with Gasteiger partial charge in [0.2, 0.25) is 0 Å². The van der Waals surface area contributed by atoms with Gasteiger partial charge in [-0.05, 0) is 120 Å². The molecule has 0 radical (unpaired) electrons. The Kier molecular flexibility index (Phi) is 8.53. The SMILES string of the molecule is c1ccc(N(c2ccc(-c3ccc(-c4ccc5ccccc5c4)cc3)cc2)c2ccc(-c3cccc4oc5ccccc5c34)cc2)c(-c2cccc3c2ccc2ccccc23)c1. The topological polar surface area (TPSA) is 16.4 Å². The van der Waals surface area contributed by atoms with Gasteiger partial charge in [0, 0.05) is 27.7 Å². The summed E-state index contributed by atoms with van der Waals surface area (Å²) in [6.07, 6.45) is 0. The van der Waals surface area contributed by atoms with Gasteiger partial charge in [-0.25, -0.2) is 0 Å². The molecule has 11 aromatic carbocycles. The summed E-state index contributed by atoms with van der Waals surface area (Å²) in [6.45, 7) is 0. The van der Waals surface area contributed by atoms with Crippen LogP contribution in [-0.2, 0) is 0 Å². The molecule has 1 heterocycles. The van der Waals surface area contributed by atoms with Crippen molar-refractivity contribution in [2.24, 2.45) is 0 Å². The molecule has 0 bridgehead atoms. The Morgan fingerprint density at radius 3 is 1.58 bits per heavy atom. The zero-order valence-electron chi connectivity index (χ0n) is 33.9. The summed E-state index contributed by atoms with van der Waals surface area (Å²) in [5, 5.41) is 9.77. The fraction of sp³-hybridized carbons (Fsp3) is 0. The lowest BCUT2D eigenvalue weighted by molar-refractivity contribution is 0.669. The highest BCUT2D eigenvalue weighted by molar-refractivity contribution is 6.14. The van der Waals surface area contributed by atoms with Crippen LogP contribution in [0.2, 0.25) is 0 Å². The molecule has 0 N–H and O–H groups in total. The van der Waals surface area contributed by atoms with Crippen molar-refractivity contribution >= 4 is 71.3 Å². The highest BCUT2D eigenvalue weighted by Crippen LogP contribution is 2.45. The number of nitrogens with zero attached hydrogens (tertiary/aromatic N) is 1. The van der Waals surface area contributed by atoms with E-state index in [1.54, 1.807) is 0 Å². The Bertz CT molecular complexity index is 3620. The molecule has 0 saturated carbocycles. The number of hydrogen-bond acceptors (Lipinski definition) is 2. The third-order valence-corrected chi connectivity index (χ3v) is 12.5. The first-order chi connectivity index (χ1) is 30.7. The van der Waals surface area contributed by atoms with Gasteiger partial charge in [-0.2, -0.15) is 0 Å². The van der Waals surface area contributed by atoms with Crippen LogP contribution in [0.4, 0.5) is 17.1 Å². The normalized spacial score (nSPS) is 11.5. The van der Waals surface area contributed by atoms with Gasteiger partial charge in [-0.1, -0.05) is 188 Å². The van der Waals surface area contributed by atoms with Gasteiger partial charge in [0.05, 0.1) is 5.69 Å². The van der Waals surface area contributed by atoms with Gasteiger partial charge < -0.3 is 9.32 Å². The number of hydrogen-bond donors (Lipinski definition) is 0. The van der Waals surface area contributed by atoms with Crippen molar-refractivity contribution < 1.29 is 4.42 Å². The summed E-state index contributed by atoms with van der Waals surface area (Å²) in [4.78, 5) is 2.40. The Morgan fingerprint density at radius 1 is 0.274 bits per heavy atom. The number of anilines is 3. The highest BCUT2D eigenvalue weighted by Gasteiger charge is 2.20. The van der Waals surface area contributed by atoms with Crippen molar-refractivity contribution in [2.75, 3.05) is 4.90 Å². The minimum Gasteiger partial charge on any atom is -0.456 e. The van der Waals surface area contributed by atoms with Gasteiger partial charge in [0.25, 0.3) is 0 Å². The van der Waals surface area contributed by atoms with Crippen LogP contribution in [0.3, 0.4) is 0 Å². The minimum atomic E-state index is 0.898.